The molecule has 0 fully saturated rings. The Morgan fingerprint density at radius 3 is 1.35 bits per heavy atom. The zero-order valence-corrected chi connectivity index (χ0v) is 16.0. The summed E-state index contributed by atoms with van der Waals surface area (Å²) in [6.45, 7) is 0. The molecule has 0 saturated carbocycles. The quantitative estimate of drug-likeness (QED) is 0.345. The van der Waals surface area contributed by atoms with Gasteiger partial charge < -0.3 is 0 Å². The summed E-state index contributed by atoms with van der Waals surface area (Å²) in [4.78, 5) is 10.9. The van der Waals surface area contributed by atoms with Gasteiger partial charge in [-0.3, -0.25) is 9.97 Å². The van der Waals surface area contributed by atoms with Gasteiger partial charge in [0.1, 0.15) is 0 Å². The van der Waals surface area contributed by atoms with E-state index >= 15 is 0 Å². The van der Waals surface area contributed by atoms with Crippen LogP contribution in [0.1, 0.15) is 0 Å². The summed E-state index contributed by atoms with van der Waals surface area (Å²) in [5.41, 5.74) is 2.12. The molecule has 4 heterocycles. The van der Waals surface area contributed by atoms with Gasteiger partial charge in [0.15, 0.2) is 0 Å². The fraction of sp³-hybridized carbons (Fsp3) is 0. The maximum absolute atomic E-state index is 4.23. The molecule has 0 aromatic carbocycles. The smallest absolute Gasteiger partial charge is 0.0801 e. The predicted molar refractivity (Wildman–Crippen MR) is 95.1 cm³/mol. The van der Waals surface area contributed by atoms with Crippen LogP contribution in [0, 0.1) is 0 Å². The van der Waals surface area contributed by atoms with Gasteiger partial charge in [-0.15, -0.1) is 22.7 Å². The molecule has 4 aromatic heterocycles. The molecule has 0 amide bonds. The van der Waals surface area contributed by atoms with Crippen molar-refractivity contribution in [2.45, 2.75) is 0 Å². The molecule has 0 bridgehead atoms. The molecule has 0 aliphatic rings. The molecule has 0 unspecified atom stereocenters. The Kier molecular flexibility index (Phi) is 7.33. The summed E-state index contributed by atoms with van der Waals surface area (Å²) in [5, 5.41) is 4.12. The number of nitrogens with zero attached hydrogens (tertiary/aromatic N) is 2. The minimum Gasteiger partial charge on any atom is -0.255 e. The third kappa shape index (κ3) is 5.21. The van der Waals surface area contributed by atoms with Crippen molar-refractivity contribution in [2.24, 2.45) is 0 Å². The average Bonchev–Trinajstić information content (AvgIpc) is 3.31. The molecule has 4 aromatic rings. The fourth-order valence-electron chi connectivity index (χ4n) is 1.87. The van der Waals surface area contributed by atoms with Crippen LogP contribution in [0.4, 0.5) is 0 Å². The summed E-state index contributed by atoms with van der Waals surface area (Å²) in [6.07, 6.45) is 3.63. The van der Waals surface area contributed by atoms with Crippen molar-refractivity contribution in [1.82, 2.24) is 9.97 Å². The SMILES string of the molecule is [Pt].c1ccc(-c2cccs2)nc1.c1ccc(-c2cccs2)nc1. The van der Waals surface area contributed by atoms with Crippen LogP contribution in [0.15, 0.2) is 83.8 Å². The molecule has 4 rings (SSSR count). The molecule has 0 atom stereocenters. The van der Waals surface area contributed by atoms with Gasteiger partial charge >= 0.3 is 0 Å². The van der Waals surface area contributed by atoms with Crippen molar-refractivity contribution >= 4 is 22.7 Å². The predicted octanol–water partition coefficient (Wildman–Crippen LogP) is 5.62. The largest absolute Gasteiger partial charge is 0.255 e. The Morgan fingerprint density at radius 1 is 0.565 bits per heavy atom. The number of hydrogen-bond donors (Lipinski definition) is 0. The van der Waals surface area contributed by atoms with Gasteiger partial charge in [0.2, 0.25) is 0 Å². The van der Waals surface area contributed by atoms with Crippen LogP contribution in [-0.4, -0.2) is 9.97 Å². The van der Waals surface area contributed by atoms with Crippen molar-refractivity contribution in [1.29, 1.82) is 0 Å². The van der Waals surface area contributed by atoms with Gasteiger partial charge in [0, 0.05) is 33.5 Å². The third-order valence-corrected chi connectivity index (χ3v) is 4.66. The summed E-state index contributed by atoms with van der Waals surface area (Å²) in [5.74, 6) is 0. The number of rotatable bonds is 2. The molecule has 118 valence electrons. The molecule has 23 heavy (non-hydrogen) atoms. The molecule has 0 radical (unpaired) electrons. The van der Waals surface area contributed by atoms with E-state index in [1.165, 1.54) is 9.75 Å². The summed E-state index contributed by atoms with van der Waals surface area (Å²) in [6, 6.07) is 20.1. The van der Waals surface area contributed by atoms with E-state index in [-0.39, 0.29) is 21.1 Å². The zero-order valence-electron chi connectivity index (χ0n) is 12.1. The van der Waals surface area contributed by atoms with E-state index in [0.717, 1.165) is 11.4 Å². The maximum Gasteiger partial charge on any atom is 0.0801 e. The van der Waals surface area contributed by atoms with Gasteiger partial charge in [-0.05, 0) is 47.2 Å². The first-order valence-corrected chi connectivity index (χ1v) is 8.59. The van der Waals surface area contributed by atoms with E-state index in [4.69, 9.17) is 0 Å². The van der Waals surface area contributed by atoms with Gasteiger partial charge in [0.25, 0.3) is 0 Å². The van der Waals surface area contributed by atoms with Crippen molar-refractivity contribution in [3.63, 3.8) is 0 Å². The van der Waals surface area contributed by atoms with Gasteiger partial charge in [-0.1, -0.05) is 24.3 Å². The normalized spacial score (nSPS) is 9.39. The standard InChI is InChI=1S/2C9H7NS.Pt/c2*1-2-6-10-8(4-1)9-5-3-7-11-9;/h2*1-7H;. The Bertz CT molecular complexity index is 701. The van der Waals surface area contributed by atoms with E-state index in [1.54, 1.807) is 22.7 Å². The first kappa shape index (κ1) is 17.7. The van der Waals surface area contributed by atoms with Crippen LogP contribution < -0.4 is 0 Å². The minimum atomic E-state index is 0. The Labute approximate surface area is 158 Å². The summed E-state index contributed by atoms with van der Waals surface area (Å²) < 4.78 is 0. The topological polar surface area (TPSA) is 25.8 Å². The van der Waals surface area contributed by atoms with Crippen molar-refractivity contribution in [3.05, 3.63) is 83.8 Å². The fourth-order valence-corrected chi connectivity index (χ4v) is 3.27. The first-order valence-electron chi connectivity index (χ1n) is 6.83. The van der Waals surface area contributed by atoms with Gasteiger partial charge in [-0.2, -0.15) is 0 Å². The molecule has 0 saturated heterocycles. The van der Waals surface area contributed by atoms with E-state index in [9.17, 15) is 0 Å². The average molecular weight is 518 g/mol. The second kappa shape index (κ2) is 9.51. The van der Waals surface area contributed by atoms with E-state index in [1.807, 2.05) is 60.9 Å². The summed E-state index contributed by atoms with van der Waals surface area (Å²) in [7, 11) is 0. The van der Waals surface area contributed by atoms with Crippen LogP contribution in [0.2, 0.25) is 0 Å². The first-order chi connectivity index (χ1) is 10.9. The number of pyridine rings is 2. The third-order valence-electron chi connectivity index (χ3n) is 2.88. The van der Waals surface area contributed by atoms with Crippen molar-refractivity contribution < 1.29 is 21.1 Å². The van der Waals surface area contributed by atoms with Crippen molar-refractivity contribution in [3.8, 4) is 21.1 Å². The Hall–Kier alpha value is -1.61. The number of thiophene rings is 2. The maximum atomic E-state index is 4.23. The Balaban J connectivity index is 0.000000160. The van der Waals surface area contributed by atoms with Crippen LogP contribution in [0.25, 0.3) is 21.1 Å². The molecule has 0 spiro atoms. The monoisotopic (exact) mass is 517 g/mol. The van der Waals surface area contributed by atoms with Crippen LogP contribution in [0.3, 0.4) is 0 Å². The van der Waals surface area contributed by atoms with E-state index in [0.29, 0.717) is 0 Å². The number of hydrogen-bond acceptors (Lipinski definition) is 4. The van der Waals surface area contributed by atoms with E-state index in [2.05, 4.69) is 32.9 Å². The molecule has 0 aliphatic carbocycles. The van der Waals surface area contributed by atoms with Crippen LogP contribution in [0.5, 0.6) is 0 Å². The number of aromatic nitrogens is 2. The van der Waals surface area contributed by atoms with Gasteiger partial charge in [-0.25, -0.2) is 0 Å². The van der Waals surface area contributed by atoms with Crippen molar-refractivity contribution in [2.75, 3.05) is 0 Å². The Morgan fingerprint density at radius 2 is 1.04 bits per heavy atom. The molecule has 0 N–H and O–H groups in total. The minimum absolute atomic E-state index is 0. The molecule has 0 aliphatic heterocycles. The van der Waals surface area contributed by atoms with Gasteiger partial charge in [0.05, 0.1) is 21.1 Å². The molecule has 2 nitrogen and oxygen atoms in total. The summed E-state index contributed by atoms with van der Waals surface area (Å²) >= 11 is 3.43. The molecular weight excluding hydrogens is 503 g/mol. The molecular formula is C18H14N2PtS2. The van der Waals surface area contributed by atoms with Crippen LogP contribution >= 0.6 is 22.7 Å². The van der Waals surface area contributed by atoms with E-state index < -0.39 is 0 Å². The zero-order chi connectivity index (χ0) is 15.0. The second-order valence-corrected chi connectivity index (χ2v) is 6.28. The van der Waals surface area contributed by atoms with Crippen LogP contribution in [-0.2, 0) is 21.1 Å². The second-order valence-electron chi connectivity index (χ2n) is 4.38. The molecule has 5 heteroatoms.